The molecule has 0 aliphatic carbocycles. The smallest absolute Gasteiger partial charge is 0.433 e. The molecule has 9 heteroatoms. The summed E-state index contributed by atoms with van der Waals surface area (Å²) in [7, 11) is 0. The zero-order valence-electron chi connectivity index (χ0n) is 9.00. The Bertz CT molecular complexity index is 548. The molecular formula is C10H5F5N2O2. The number of pyridine rings is 1. The van der Waals surface area contributed by atoms with Gasteiger partial charge in [0.2, 0.25) is 0 Å². The number of alkyl halides is 5. The van der Waals surface area contributed by atoms with Gasteiger partial charge in [-0.2, -0.15) is 18.4 Å². The van der Waals surface area contributed by atoms with E-state index < -0.39 is 47.5 Å². The van der Waals surface area contributed by atoms with E-state index in [2.05, 4.69) is 4.98 Å². The summed E-state index contributed by atoms with van der Waals surface area (Å²) < 4.78 is 62.9. The van der Waals surface area contributed by atoms with Crippen LogP contribution in [0.5, 0.6) is 0 Å². The van der Waals surface area contributed by atoms with Crippen LogP contribution in [-0.2, 0) is 17.4 Å². The molecule has 0 atom stereocenters. The van der Waals surface area contributed by atoms with Crippen molar-refractivity contribution in [1.82, 2.24) is 4.98 Å². The Hall–Kier alpha value is -2.24. The lowest BCUT2D eigenvalue weighted by atomic mass is 10.0. The molecule has 1 heterocycles. The lowest BCUT2D eigenvalue weighted by molar-refractivity contribution is -0.142. The maximum absolute atomic E-state index is 12.6. The molecule has 0 bridgehead atoms. The Morgan fingerprint density at radius 2 is 2.05 bits per heavy atom. The van der Waals surface area contributed by atoms with Gasteiger partial charge in [-0.05, 0) is 11.6 Å². The van der Waals surface area contributed by atoms with E-state index >= 15 is 0 Å². The lowest BCUT2D eigenvalue weighted by Gasteiger charge is -2.13. The number of nitrogens with zero attached hydrogens (tertiary/aromatic N) is 2. The number of hydrogen-bond acceptors (Lipinski definition) is 3. The number of aliphatic carboxylic acids is 1. The Morgan fingerprint density at radius 1 is 1.47 bits per heavy atom. The van der Waals surface area contributed by atoms with Gasteiger partial charge in [-0.3, -0.25) is 4.79 Å². The van der Waals surface area contributed by atoms with E-state index in [0.717, 1.165) is 6.07 Å². The summed E-state index contributed by atoms with van der Waals surface area (Å²) in [6.45, 7) is 0. The van der Waals surface area contributed by atoms with E-state index in [4.69, 9.17) is 10.4 Å². The van der Waals surface area contributed by atoms with Crippen LogP contribution in [0.3, 0.4) is 0 Å². The predicted molar refractivity (Wildman–Crippen MR) is 50.3 cm³/mol. The van der Waals surface area contributed by atoms with Gasteiger partial charge in [0.25, 0.3) is 6.43 Å². The van der Waals surface area contributed by atoms with E-state index in [1.165, 1.54) is 0 Å². The van der Waals surface area contributed by atoms with Crippen LogP contribution in [0, 0.1) is 11.3 Å². The summed E-state index contributed by atoms with van der Waals surface area (Å²) in [6, 6.07) is 1.49. The van der Waals surface area contributed by atoms with Crippen molar-refractivity contribution in [3.63, 3.8) is 0 Å². The largest absolute Gasteiger partial charge is 0.481 e. The first kappa shape index (κ1) is 14.8. The molecule has 0 radical (unpaired) electrons. The van der Waals surface area contributed by atoms with Crippen molar-refractivity contribution in [3.8, 4) is 6.07 Å². The molecule has 0 aliphatic rings. The summed E-state index contributed by atoms with van der Waals surface area (Å²) in [4.78, 5) is 13.2. The lowest BCUT2D eigenvalue weighted by Crippen LogP contribution is -2.17. The maximum Gasteiger partial charge on any atom is 0.433 e. The minimum atomic E-state index is -5.03. The van der Waals surface area contributed by atoms with E-state index in [0.29, 0.717) is 6.07 Å². The molecule has 1 rings (SSSR count). The zero-order valence-corrected chi connectivity index (χ0v) is 9.00. The first-order valence-corrected chi connectivity index (χ1v) is 4.68. The van der Waals surface area contributed by atoms with Crippen LogP contribution in [0.4, 0.5) is 22.0 Å². The maximum atomic E-state index is 12.6. The highest BCUT2D eigenvalue weighted by molar-refractivity contribution is 5.70. The molecule has 0 spiro atoms. The van der Waals surface area contributed by atoms with Crippen LogP contribution in [0.1, 0.15) is 28.9 Å². The van der Waals surface area contributed by atoms with Gasteiger partial charge in [0, 0.05) is 0 Å². The Balaban J connectivity index is 3.54. The predicted octanol–water partition coefficient (Wildman–Crippen LogP) is 2.54. The molecule has 0 saturated carbocycles. The van der Waals surface area contributed by atoms with Crippen molar-refractivity contribution in [1.29, 1.82) is 5.26 Å². The molecule has 0 amide bonds. The van der Waals surface area contributed by atoms with Crippen molar-refractivity contribution >= 4 is 5.97 Å². The number of rotatable bonds is 3. The van der Waals surface area contributed by atoms with E-state index in [1.54, 1.807) is 0 Å². The number of carboxylic acids is 1. The fraction of sp³-hybridized carbons (Fsp3) is 0.300. The molecule has 102 valence electrons. The fourth-order valence-corrected chi connectivity index (χ4v) is 1.37. The van der Waals surface area contributed by atoms with E-state index in [9.17, 15) is 26.7 Å². The molecule has 4 nitrogen and oxygen atoms in total. The molecule has 0 fully saturated rings. The highest BCUT2D eigenvalue weighted by Crippen LogP contribution is 2.33. The number of aromatic nitrogens is 1. The van der Waals surface area contributed by atoms with Gasteiger partial charge < -0.3 is 5.11 Å². The van der Waals surface area contributed by atoms with Gasteiger partial charge in [0.15, 0.2) is 0 Å². The van der Waals surface area contributed by atoms with Gasteiger partial charge in [-0.15, -0.1) is 0 Å². The second kappa shape index (κ2) is 5.17. The Kier molecular flexibility index (Phi) is 4.04. The van der Waals surface area contributed by atoms with E-state index in [1.807, 2.05) is 0 Å². The van der Waals surface area contributed by atoms with Gasteiger partial charge in [0.1, 0.15) is 17.5 Å². The van der Waals surface area contributed by atoms with Crippen molar-refractivity contribution in [3.05, 3.63) is 28.6 Å². The quantitative estimate of drug-likeness (QED) is 0.863. The minimum absolute atomic E-state index is 0.354. The van der Waals surface area contributed by atoms with Gasteiger partial charge in [-0.25, -0.2) is 13.8 Å². The van der Waals surface area contributed by atoms with Crippen molar-refractivity contribution in [2.24, 2.45) is 0 Å². The van der Waals surface area contributed by atoms with Crippen LogP contribution < -0.4 is 0 Å². The monoisotopic (exact) mass is 280 g/mol. The molecule has 0 saturated heterocycles. The SMILES string of the molecule is N#Cc1nc(C(F)(F)F)c(CC(=O)O)cc1C(F)F. The topological polar surface area (TPSA) is 74.0 Å². The third-order valence-corrected chi connectivity index (χ3v) is 2.08. The summed E-state index contributed by atoms with van der Waals surface area (Å²) in [5.74, 6) is -1.63. The number of nitriles is 1. The third-order valence-electron chi connectivity index (χ3n) is 2.08. The molecule has 1 aromatic heterocycles. The zero-order chi connectivity index (χ0) is 14.8. The van der Waals surface area contributed by atoms with Gasteiger partial charge in [-0.1, -0.05) is 0 Å². The van der Waals surface area contributed by atoms with Crippen LogP contribution >= 0.6 is 0 Å². The summed E-state index contributed by atoms with van der Waals surface area (Å²) in [5.41, 5.74) is -4.65. The summed E-state index contributed by atoms with van der Waals surface area (Å²) >= 11 is 0. The minimum Gasteiger partial charge on any atom is -0.481 e. The number of halogens is 5. The van der Waals surface area contributed by atoms with Crippen molar-refractivity contribution in [2.45, 2.75) is 19.0 Å². The second-order valence-electron chi connectivity index (χ2n) is 3.41. The van der Waals surface area contributed by atoms with Crippen LogP contribution in [-0.4, -0.2) is 16.1 Å². The van der Waals surface area contributed by atoms with Gasteiger partial charge >= 0.3 is 12.1 Å². The highest BCUT2D eigenvalue weighted by Gasteiger charge is 2.37. The first-order valence-electron chi connectivity index (χ1n) is 4.68. The van der Waals surface area contributed by atoms with Gasteiger partial charge in [0.05, 0.1) is 12.0 Å². The first-order chi connectivity index (χ1) is 8.66. The Labute approximate surface area is 103 Å². The molecular weight excluding hydrogens is 275 g/mol. The molecule has 0 aliphatic heterocycles. The molecule has 0 aromatic carbocycles. The fourth-order valence-electron chi connectivity index (χ4n) is 1.37. The van der Waals surface area contributed by atoms with E-state index in [-0.39, 0.29) is 0 Å². The average Bonchev–Trinajstić information content (AvgIpc) is 2.25. The normalized spacial score (nSPS) is 11.4. The highest BCUT2D eigenvalue weighted by atomic mass is 19.4. The van der Waals surface area contributed by atoms with Crippen LogP contribution in [0.2, 0.25) is 0 Å². The van der Waals surface area contributed by atoms with Crippen molar-refractivity contribution in [2.75, 3.05) is 0 Å². The number of carbonyl (C=O) groups is 1. The summed E-state index contributed by atoms with van der Waals surface area (Å²) in [6.07, 6.45) is -9.37. The second-order valence-corrected chi connectivity index (χ2v) is 3.41. The van der Waals surface area contributed by atoms with Crippen LogP contribution in [0.25, 0.3) is 0 Å². The van der Waals surface area contributed by atoms with Crippen LogP contribution in [0.15, 0.2) is 6.07 Å². The average molecular weight is 280 g/mol. The summed E-state index contributed by atoms with van der Waals surface area (Å²) in [5, 5.41) is 17.0. The number of hydrogen-bond donors (Lipinski definition) is 1. The standard InChI is InChI=1S/C10H5F5N2O2/c11-9(12)5-1-4(2-7(18)19)8(10(13,14)15)17-6(5)3-16/h1,9H,2H2,(H,18,19). The number of carboxylic acid groups (broad SMARTS) is 1. The van der Waals surface area contributed by atoms with Crippen molar-refractivity contribution < 1.29 is 31.9 Å². The molecule has 1 aromatic rings. The molecule has 0 unspecified atom stereocenters. The molecule has 1 N–H and O–H groups in total. The Morgan fingerprint density at radius 3 is 2.42 bits per heavy atom. The third kappa shape index (κ3) is 3.37. The molecule has 19 heavy (non-hydrogen) atoms.